The number of rotatable bonds is 9. The van der Waals surface area contributed by atoms with Gasteiger partial charge in [0.05, 0.1) is 0 Å². The average molecular weight is 306 g/mol. The molecule has 6 heteroatoms. The van der Waals surface area contributed by atoms with Crippen LogP contribution in [0.25, 0.3) is 11.2 Å². The summed E-state index contributed by atoms with van der Waals surface area (Å²) in [7, 11) is 0. The van der Waals surface area contributed by atoms with Gasteiger partial charge in [0.25, 0.3) is 5.91 Å². The van der Waals surface area contributed by atoms with Crippen molar-refractivity contribution in [3.63, 3.8) is 0 Å². The van der Waals surface area contributed by atoms with Crippen molar-refractivity contribution in [1.82, 2.24) is 10.2 Å². The predicted molar refractivity (Wildman–Crippen MR) is 83.7 cm³/mol. The molecule has 2 heterocycles. The fraction of sp³-hybridized carbons (Fsp3) is 0.500. The number of carbonyl (C=O) groups is 2. The number of likely N-dealkylation sites (N-methyl/N-ethyl adjacent to an activating group) is 1. The fourth-order valence-corrected chi connectivity index (χ4v) is 2.49. The Morgan fingerprint density at radius 2 is 1.86 bits per heavy atom. The van der Waals surface area contributed by atoms with E-state index in [0.717, 1.165) is 19.4 Å². The molecule has 0 atom stereocenters. The molecule has 120 valence electrons. The molecule has 0 spiro atoms. The number of aromatic carboxylic acids is 1. The van der Waals surface area contributed by atoms with Gasteiger partial charge in [-0.05, 0) is 25.1 Å². The van der Waals surface area contributed by atoms with Gasteiger partial charge in [0, 0.05) is 19.6 Å². The number of furan rings is 2. The third-order valence-corrected chi connectivity index (χ3v) is 3.65. The standard InChI is InChI=1S/C16H22N2O4/c1-3-5-9-18(10-8-17-4-2)15(19)13-11-6-7-12(22-11)14(13)16(20)21/h6-7,17H,3-5,8-10H2,1-2H3,(H,20,21). The zero-order chi connectivity index (χ0) is 16.1. The van der Waals surface area contributed by atoms with E-state index >= 15 is 0 Å². The van der Waals surface area contributed by atoms with Crippen LogP contribution in [0.4, 0.5) is 0 Å². The first kappa shape index (κ1) is 16.3. The van der Waals surface area contributed by atoms with Gasteiger partial charge >= 0.3 is 5.97 Å². The van der Waals surface area contributed by atoms with Crippen LogP contribution in [0.15, 0.2) is 16.5 Å². The number of nitrogens with zero attached hydrogens (tertiary/aromatic N) is 1. The van der Waals surface area contributed by atoms with E-state index in [1.165, 1.54) is 0 Å². The van der Waals surface area contributed by atoms with E-state index < -0.39 is 5.97 Å². The Kier molecular flexibility index (Phi) is 5.38. The second-order valence-electron chi connectivity index (χ2n) is 5.22. The van der Waals surface area contributed by atoms with Crippen LogP contribution in [0.5, 0.6) is 0 Å². The first-order valence-electron chi connectivity index (χ1n) is 7.68. The Bertz CT molecular complexity index is 635. The third-order valence-electron chi connectivity index (χ3n) is 3.65. The SMILES string of the molecule is CCCCN(CCNCC)C(=O)c1c(C(=O)O)c2ccc1o2. The minimum absolute atomic E-state index is 0.0209. The monoisotopic (exact) mass is 306 g/mol. The molecule has 0 aromatic carbocycles. The van der Waals surface area contributed by atoms with Crippen LogP contribution in [0.1, 0.15) is 47.4 Å². The van der Waals surface area contributed by atoms with Crippen molar-refractivity contribution in [3.8, 4) is 0 Å². The summed E-state index contributed by atoms with van der Waals surface area (Å²) in [5.41, 5.74) is 0.764. The lowest BCUT2D eigenvalue weighted by molar-refractivity contribution is 0.0678. The first-order valence-corrected chi connectivity index (χ1v) is 7.68. The zero-order valence-electron chi connectivity index (χ0n) is 13.0. The summed E-state index contributed by atoms with van der Waals surface area (Å²) >= 11 is 0. The van der Waals surface area contributed by atoms with Crippen molar-refractivity contribution in [3.05, 3.63) is 23.3 Å². The third kappa shape index (κ3) is 3.22. The predicted octanol–water partition coefficient (Wildman–Crippen LogP) is 2.42. The van der Waals surface area contributed by atoms with Crippen LogP contribution in [-0.4, -0.2) is 48.1 Å². The van der Waals surface area contributed by atoms with Crippen LogP contribution >= 0.6 is 0 Å². The molecule has 0 radical (unpaired) electrons. The summed E-state index contributed by atoms with van der Waals surface area (Å²) in [5, 5.41) is 12.5. The van der Waals surface area contributed by atoms with Crippen molar-refractivity contribution in [2.75, 3.05) is 26.2 Å². The number of amides is 1. The van der Waals surface area contributed by atoms with E-state index in [2.05, 4.69) is 12.2 Å². The average Bonchev–Trinajstić information content (AvgIpc) is 3.10. The molecule has 0 saturated carbocycles. The quantitative estimate of drug-likeness (QED) is 0.695. The highest BCUT2D eigenvalue weighted by molar-refractivity contribution is 6.14. The van der Waals surface area contributed by atoms with Crippen molar-refractivity contribution in [1.29, 1.82) is 0 Å². The second kappa shape index (κ2) is 7.26. The Labute approximate surface area is 129 Å². The molecule has 2 aromatic rings. The lowest BCUT2D eigenvalue weighted by Crippen LogP contribution is -2.38. The zero-order valence-corrected chi connectivity index (χ0v) is 13.0. The molecule has 0 saturated heterocycles. The number of carbonyl (C=O) groups excluding carboxylic acids is 1. The van der Waals surface area contributed by atoms with Gasteiger partial charge in [0.15, 0.2) is 0 Å². The Morgan fingerprint density at radius 1 is 1.18 bits per heavy atom. The minimum Gasteiger partial charge on any atom is -0.478 e. The summed E-state index contributed by atoms with van der Waals surface area (Å²) in [6.07, 6.45) is 1.86. The molecule has 22 heavy (non-hydrogen) atoms. The molecule has 2 rings (SSSR count). The van der Waals surface area contributed by atoms with Gasteiger partial charge in [-0.1, -0.05) is 20.3 Å². The van der Waals surface area contributed by atoms with Crippen molar-refractivity contribution in [2.45, 2.75) is 26.7 Å². The number of hydrogen-bond donors (Lipinski definition) is 2. The van der Waals surface area contributed by atoms with E-state index in [-0.39, 0.29) is 22.6 Å². The molecule has 2 bridgehead atoms. The van der Waals surface area contributed by atoms with Gasteiger partial charge in [0.1, 0.15) is 22.3 Å². The molecule has 6 nitrogen and oxygen atoms in total. The number of fused-ring (bicyclic) bond motifs is 2. The van der Waals surface area contributed by atoms with Crippen molar-refractivity contribution < 1.29 is 19.1 Å². The topological polar surface area (TPSA) is 82.8 Å². The molecule has 1 amide bonds. The first-order chi connectivity index (χ1) is 10.6. The van der Waals surface area contributed by atoms with Gasteiger partial charge in [-0.3, -0.25) is 4.79 Å². The number of carboxylic acids is 1. The van der Waals surface area contributed by atoms with Crippen molar-refractivity contribution >= 4 is 23.0 Å². The number of carboxylic acid groups (broad SMARTS) is 1. The molecule has 2 aromatic heterocycles. The minimum atomic E-state index is -1.13. The second-order valence-corrected chi connectivity index (χ2v) is 5.22. The van der Waals surface area contributed by atoms with E-state index in [9.17, 15) is 14.7 Å². The van der Waals surface area contributed by atoms with E-state index in [1.54, 1.807) is 17.0 Å². The molecule has 0 fully saturated rings. The molecule has 0 aliphatic heterocycles. The lowest BCUT2D eigenvalue weighted by Gasteiger charge is -2.22. The highest BCUT2D eigenvalue weighted by Gasteiger charge is 2.29. The van der Waals surface area contributed by atoms with Gasteiger partial charge in [-0.2, -0.15) is 0 Å². The molecule has 0 aliphatic rings. The molecule has 0 aliphatic carbocycles. The van der Waals surface area contributed by atoms with Crippen LogP contribution < -0.4 is 5.32 Å². The maximum absolute atomic E-state index is 12.8. The van der Waals surface area contributed by atoms with Gasteiger partial charge in [0.2, 0.25) is 0 Å². The Morgan fingerprint density at radius 3 is 2.45 bits per heavy atom. The van der Waals surface area contributed by atoms with E-state index in [1.807, 2.05) is 6.92 Å². The van der Waals surface area contributed by atoms with Gasteiger partial charge in [-0.25, -0.2) is 4.79 Å². The van der Waals surface area contributed by atoms with E-state index in [0.29, 0.717) is 25.2 Å². The summed E-state index contributed by atoms with van der Waals surface area (Å²) in [6, 6.07) is 3.24. The largest absolute Gasteiger partial charge is 0.478 e. The maximum Gasteiger partial charge on any atom is 0.340 e. The number of hydrogen-bond acceptors (Lipinski definition) is 4. The molecule has 2 N–H and O–H groups in total. The Balaban J connectivity index is 2.24. The van der Waals surface area contributed by atoms with E-state index in [4.69, 9.17) is 4.42 Å². The Hall–Kier alpha value is -2.08. The summed E-state index contributed by atoms with van der Waals surface area (Å²) in [6.45, 7) is 6.75. The summed E-state index contributed by atoms with van der Waals surface area (Å²) in [4.78, 5) is 25.9. The fourth-order valence-electron chi connectivity index (χ4n) is 2.49. The number of unbranched alkanes of at least 4 members (excludes halogenated alkanes) is 1. The maximum atomic E-state index is 12.8. The van der Waals surface area contributed by atoms with Crippen LogP contribution in [0.2, 0.25) is 0 Å². The van der Waals surface area contributed by atoms with Gasteiger partial charge < -0.3 is 19.7 Å². The molecule has 0 unspecified atom stereocenters. The van der Waals surface area contributed by atoms with Crippen LogP contribution in [0, 0.1) is 0 Å². The molecular formula is C16H22N2O4. The normalized spacial score (nSPS) is 11.2. The van der Waals surface area contributed by atoms with Crippen molar-refractivity contribution in [2.24, 2.45) is 0 Å². The molecular weight excluding hydrogens is 284 g/mol. The highest BCUT2D eigenvalue weighted by Crippen LogP contribution is 2.29. The van der Waals surface area contributed by atoms with Crippen LogP contribution in [0.3, 0.4) is 0 Å². The number of benzene rings is 1. The highest BCUT2D eigenvalue weighted by atomic mass is 16.4. The number of nitrogens with one attached hydrogen (secondary N) is 1. The van der Waals surface area contributed by atoms with Gasteiger partial charge in [-0.15, -0.1) is 0 Å². The summed E-state index contributed by atoms with van der Waals surface area (Å²) in [5.74, 6) is -1.39. The summed E-state index contributed by atoms with van der Waals surface area (Å²) < 4.78 is 5.36. The smallest absolute Gasteiger partial charge is 0.340 e. The lowest BCUT2D eigenvalue weighted by atomic mass is 10.1. The van der Waals surface area contributed by atoms with Crippen LogP contribution in [-0.2, 0) is 0 Å².